The minimum Gasteiger partial charge on any atom is -0.618 e. The summed E-state index contributed by atoms with van der Waals surface area (Å²) in [4.78, 5) is 16.1. The number of benzene rings is 2. The summed E-state index contributed by atoms with van der Waals surface area (Å²) >= 11 is 0. The van der Waals surface area contributed by atoms with E-state index in [9.17, 15) is 10.0 Å². The van der Waals surface area contributed by atoms with Crippen molar-refractivity contribution in [3.8, 4) is 0 Å². The third-order valence-corrected chi connectivity index (χ3v) is 4.70. The van der Waals surface area contributed by atoms with Crippen molar-refractivity contribution < 1.29 is 9.52 Å². The highest BCUT2D eigenvalue weighted by Gasteiger charge is 2.25. The van der Waals surface area contributed by atoms with Crippen LogP contribution in [0.4, 0.5) is 0 Å². The van der Waals surface area contributed by atoms with E-state index in [1.807, 2.05) is 54.7 Å². The van der Waals surface area contributed by atoms with Crippen LogP contribution in [0.2, 0.25) is 0 Å². The second-order valence-electron chi connectivity index (χ2n) is 6.29. The number of para-hydroxylation sites is 1. The van der Waals surface area contributed by atoms with Crippen LogP contribution in [0, 0.1) is 5.21 Å². The second-order valence-corrected chi connectivity index (χ2v) is 6.29. The van der Waals surface area contributed by atoms with Crippen LogP contribution < -0.4 is 4.73 Å². The number of hydrogen-bond acceptors (Lipinski definition) is 2. The number of carbonyl (C=O) groups is 1. The molecule has 0 bridgehead atoms. The maximum absolute atomic E-state index is 12.8. The van der Waals surface area contributed by atoms with Crippen LogP contribution in [0.5, 0.6) is 0 Å². The Labute approximate surface area is 151 Å². The van der Waals surface area contributed by atoms with Crippen LogP contribution >= 0.6 is 0 Å². The zero-order valence-electron chi connectivity index (χ0n) is 14.1. The van der Waals surface area contributed by atoms with E-state index in [0.717, 1.165) is 22.0 Å². The standard InChI is InChI=1S/C22H18N2O2/c25-22(21-12-6-7-13-24(21)26)14-18(16-8-2-1-3-9-16)19-15-23-20-11-5-4-10-17(19)20/h1-13,15,18,23H,14H2/t18-/m0/s1. The highest BCUT2D eigenvalue weighted by Crippen LogP contribution is 2.34. The molecule has 0 aliphatic carbocycles. The summed E-state index contributed by atoms with van der Waals surface area (Å²) in [5, 5.41) is 13.1. The summed E-state index contributed by atoms with van der Waals surface area (Å²) in [7, 11) is 0. The summed E-state index contributed by atoms with van der Waals surface area (Å²) in [5.74, 6) is -0.292. The fourth-order valence-corrected chi connectivity index (χ4v) is 3.41. The van der Waals surface area contributed by atoms with Gasteiger partial charge in [0.1, 0.15) is 0 Å². The molecule has 0 unspecified atom stereocenters. The molecular weight excluding hydrogens is 324 g/mol. The topological polar surface area (TPSA) is 59.8 Å². The summed E-state index contributed by atoms with van der Waals surface area (Å²) in [6, 6.07) is 22.9. The van der Waals surface area contributed by atoms with Crippen LogP contribution in [-0.4, -0.2) is 10.8 Å². The number of H-pyrrole nitrogens is 1. The Hall–Kier alpha value is -3.40. The molecule has 0 saturated heterocycles. The third kappa shape index (κ3) is 2.97. The molecule has 1 N–H and O–H groups in total. The van der Waals surface area contributed by atoms with Crippen molar-refractivity contribution in [1.82, 2.24) is 4.98 Å². The van der Waals surface area contributed by atoms with Crippen LogP contribution in [0.15, 0.2) is 85.2 Å². The predicted octanol–water partition coefficient (Wildman–Crippen LogP) is 4.21. The minimum atomic E-state index is -0.167. The van der Waals surface area contributed by atoms with Gasteiger partial charge >= 0.3 is 0 Å². The molecule has 0 spiro atoms. The smallest absolute Gasteiger partial charge is 0.259 e. The largest absolute Gasteiger partial charge is 0.618 e. The van der Waals surface area contributed by atoms with Gasteiger partial charge in [-0.1, -0.05) is 48.5 Å². The van der Waals surface area contributed by atoms with E-state index in [2.05, 4.69) is 11.1 Å². The first-order valence-corrected chi connectivity index (χ1v) is 8.56. The molecule has 2 heterocycles. The van der Waals surface area contributed by atoms with Crippen LogP contribution in [0.25, 0.3) is 10.9 Å². The highest BCUT2D eigenvalue weighted by atomic mass is 16.5. The van der Waals surface area contributed by atoms with Crippen LogP contribution in [0.3, 0.4) is 0 Å². The first-order valence-electron chi connectivity index (χ1n) is 8.56. The first-order chi connectivity index (χ1) is 12.7. The van der Waals surface area contributed by atoms with Crippen LogP contribution in [-0.2, 0) is 0 Å². The molecule has 0 fully saturated rings. The van der Waals surface area contributed by atoms with Gasteiger partial charge in [0, 0.05) is 41.6 Å². The van der Waals surface area contributed by atoms with Crippen molar-refractivity contribution in [1.29, 1.82) is 0 Å². The maximum Gasteiger partial charge on any atom is 0.259 e. The fourth-order valence-electron chi connectivity index (χ4n) is 3.41. The quantitative estimate of drug-likeness (QED) is 0.335. The molecule has 0 amide bonds. The molecule has 26 heavy (non-hydrogen) atoms. The number of fused-ring (bicyclic) bond motifs is 1. The average molecular weight is 342 g/mol. The lowest BCUT2D eigenvalue weighted by Crippen LogP contribution is -2.34. The Balaban J connectivity index is 1.77. The lowest BCUT2D eigenvalue weighted by atomic mass is 9.86. The second kappa shape index (κ2) is 6.84. The highest BCUT2D eigenvalue weighted by molar-refractivity contribution is 5.94. The van der Waals surface area contributed by atoms with Gasteiger partial charge in [-0.15, -0.1) is 0 Å². The van der Waals surface area contributed by atoms with Gasteiger partial charge in [0.05, 0.1) is 0 Å². The van der Waals surface area contributed by atoms with Gasteiger partial charge in [0.2, 0.25) is 5.78 Å². The number of rotatable bonds is 5. The van der Waals surface area contributed by atoms with E-state index >= 15 is 0 Å². The molecule has 128 valence electrons. The lowest BCUT2D eigenvalue weighted by molar-refractivity contribution is -0.607. The normalized spacial score (nSPS) is 12.2. The number of aromatic nitrogens is 2. The first kappa shape index (κ1) is 16.1. The summed E-state index contributed by atoms with van der Waals surface area (Å²) < 4.78 is 0.639. The summed E-state index contributed by atoms with van der Waals surface area (Å²) in [6.07, 6.45) is 3.56. The van der Waals surface area contributed by atoms with E-state index in [1.165, 1.54) is 6.20 Å². The number of pyridine rings is 1. The molecule has 0 radical (unpaired) electrons. The lowest BCUT2D eigenvalue weighted by Gasteiger charge is -2.16. The molecule has 2 aromatic heterocycles. The molecule has 4 heteroatoms. The fraction of sp³-hybridized carbons (Fsp3) is 0.0909. The van der Waals surface area contributed by atoms with Crippen LogP contribution in [0.1, 0.15) is 34.0 Å². The molecule has 4 rings (SSSR count). The van der Waals surface area contributed by atoms with Crippen molar-refractivity contribution in [2.45, 2.75) is 12.3 Å². The minimum absolute atomic E-state index is 0.125. The van der Waals surface area contributed by atoms with Gasteiger partial charge in [-0.05, 0) is 23.3 Å². The van der Waals surface area contributed by atoms with E-state index in [0.29, 0.717) is 4.73 Å². The molecule has 0 saturated carbocycles. The maximum atomic E-state index is 12.8. The number of carbonyl (C=O) groups excluding carboxylic acids is 1. The van der Waals surface area contributed by atoms with Gasteiger partial charge in [0.15, 0.2) is 6.20 Å². The third-order valence-electron chi connectivity index (χ3n) is 4.70. The van der Waals surface area contributed by atoms with Gasteiger partial charge in [-0.25, -0.2) is 0 Å². The Morgan fingerprint density at radius 3 is 2.50 bits per heavy atom. The number of hydrogen-bond donors (Lipinski definition) is 1. The molecule has 0 aliphatic heterocycles. The molecule has 0 aliphatic rings. The van der Waals surface area contributed by atoms with Crippen molar-refractivity contribution in [3.05, 3.63) is 107 Å². The van der Waals surface area contributed by atoms with E-state index in [4.69, 9.17) is 0 Å². The van der Waals surface area contributed by atoms with Gasteiger partial charge in [-0.2, -0.15) is 4.73 Å². The Kier molecular flexibility index (Phi) is 4.23. The van der Waals surface area contributed by atoms with Crippen molar-refractivity contribution in [3.63, 3.8) is 0 Å². The van der Waals surface area contributed by atoms with Crippen molar-refractivity contribution >= 4 is 16.7 Å². The number of Topliss-reactive ketones (excluding diaryl/α,β-unsaturated/α-hetero) is 1. The molecular formula is C22H18N2O2. The number of nitrogens with one attached hydrogen (secondary N) is 1. The SMILES string of the molecule is O=C(C[C@@H](c1ccccc1)c1c[nH]c2ccccc12)c1cccc[n+]1[O-]. The van der Waals surface area contributed by atoms with E-state index in [1.54, 1.807) is 18.2 Å². The predicted molar refractivity (Wildman–Crippen MR) is 101 cm³/mol. The van der Waals surface area contributed by atoms with Crippen molar-refractivity contribution in [2.24, 2.45) is 0 Å². The van der Waals surface area contributed by atoms with E-state index < -0.39 is 0 Å². The Bertz CT molecular complexity index is 1050. The van der Waals surface area contributed by atoms with Gasteiger partial charge in [0.25, 0.3) is 5.69 Å². The van der Waals surface area contributed by atoms with E-state index in [-0.39, 0.29) is 23.8 Å². The van der Waals surface area contributed by atoms with Gasteiger partial charge < -0.3 is 10.2 Å². The van der Waals surface area contributed by atoms with Gasteiger partial charge in [-0.3, -0.25) is 4.79 Å². The zero-order chi connectivity index (χ0) is 17.9. The van der Waals surface area contributed by atoms with Crippen molar-refractivity contribution in [2.75, 3.05) is 0 Å². The Morgan fingerprint density at radius 1 is 0.962 bits per heavy atom. The molecule has 1 atom stereocenters. The molecule has 4 aromatic rings. The molecule has 2 aromatic carbocycles. The molecule has 4 nitrogen and oxygen atoms in total. The summed E-state index contributed by atoms with van der Waals surface area (Å²) in [5.41, 5.74) is 3.33. The average Bonchev–Trinajstić information content (AvgIpc) is 3.11. The summed E-state index contributed by atoms with van der Waals surface area (Å²) in [6.45, 7) is 0. The number of aromatic amines is 1. The zero-order valence-corrected chi connectivity index (χ0v) is 14.1. The monoisotopic (exact) mass is 342 g/mol. The Morgan fingerprint density at radius 2 is 1.69 bits per heavy atom. The number of ketones is 1. The number of nitrogens with zero attached hydrogens (tertiary/aromatic N) is 1.